The van der Waals surface area contributed by atoms with Crippen molar-refractivity contribution >= 4 is 16.7 Å². The molecule has 3 heteroatoms. The molecule has 2 aromatic carbocycles. The van der Waals surface area contributed by atoms with Gasteiger partial charge in [-0.1, -0.05) is 24.3 Å². The van der Waals surface area contributed by atoms with Crippen molar-refractivity contribution < 1.29 is 9.90 Å². The van der Waals surface area contributed by atoms with E-state index in [1.807, 2.05) is 60.9 Å². The van der Waals surface area contributed by atoms with Gasteiger partial charge >= 0.3 is 5.97 Å². The van der Waals surface area contributed by atoms with Crippen molar-refractivity contribution in [3.63, 3.8) is 0 Å². The number of carbonyl (C=O) groups is 1. The maximum absolute atomic E-state index is 11.6. The Morgan fingerprint density at radius 1 is 0.950 bits per heavy atom. The van der Waals surface area contributed by atoms with Crippen LogP contribution >= 0.6 is 0 Å². The molecular weight excluding hydrogens is 250 g/mol. The molecule has 0 atom stereocenters. The molecule has 0 aliphatic heterocycles. The van der Waals surface area contributed by atoms with E-state index in [1.54, 1.807) is 6.07 Å². The quantitative estimate of drug-likeness (QED) is 0.762. The Morgan fingerprint density at radius 2 is 1.50 bits per heavy atom. The van der Waals surface area contributed by atoms with Crippen LogP contribution in [0.25, 0.3) is 16.5 Å². The van der Waals surface area contributed by atoms with E-state index in [0.717, 1.165) is 27.8 Å². The number of fused-ring (bicyclic) bond motifs is 1. The predicted molar refractivity (Wildman–Crippen MR) is 79.7 cm³/mol. The molecular formula is C17H15NO2. The van der Waals surface area contributed by atoms with E-state index < -0.39 is 5.97 Å². The van der Waals surface area contributed by atoms with Gasteiger partial charge < -0.3 is 9.67 Å². The number of aromatic nitrogens is 1. The van der Waals surface area contributed by atoms with E-state index in [0.29, 0.717) is 5.56 Å². The van der Waals surface area contributed by atoms with E-state index in [-0.39, 0.29) is 0 Å². The molecule has 0 fully saturated rings. The van der Waals surface area contributed by atoms with Gasteiger partial charge in [-0.15, -0.1) is 0 Å². The number of aromatic carboxylic acids is 1. The zero-order chi connectivity index (χ0) is 14.3. The van der Waals surface area contributed by atoms with Crippen molar-refractivity contribution in [3.8, 4) is 5.69 Å². The van der Waals surface area contributed by atoms with Crippen LogP contribution in [0.15, 0.2) is 48.5 Å². The lowest BCUT2D eigenvalue weighted by Gasteiger charge is -2.14. The molecule has 100 valence electrons. The minimum absolute atomic E-state index is 0.325. The minimum atomic E-state index is -0.904. The Bertz CT molecular complexity index is 795. The molecule has 0 aliphatic carbocycles. The fraction of sp³-hybridized carbons (Fsp3) is 0.118. The average Bonchev–Trinajstić information content (AvgIpc) is 2.76. The molecule has 3 nitrogen and oxygen atoms in total. The average molecular weight is 265 g/mol. The number of rotatable bonds is 2. The van der Waals surface area contributed by atoms with Crippen molar-refractivity contribution in [1.29, 1.82) is 0 Å². The van der Waals surface area contributed by atoms with E-state index >= 15 is 0 Å². The first-order valence-corrected chi connectivity index (χ1v) is 6.49. The van der Waals surface area contributed by atoms with E-state index in [1.165, 1.54) is 0 Å². The van der Waals surface area contributed by atoms with Crippen LogP contribution in [0.3, 0.4) is 0 Å². The normalized spacial score (nSPS) is 10.9. The summed E-state index contributed by atoms with van der Waals surface area (Å²) < 4.78 is 1.98. The lowest BCUT2D eigenvalue weighted by Crippen LogP contribution is -2.07. The lowest BCUT2D eigenvalue weighted by atomic mass is 10.0. The summed E-state index contributed by atoms with van der Waals surface area (Å²) in [5.41, 5.74) is 3.10. The molecule has 0 radical (unpaired) electrons. The fourth-order valence-corrected chi connectivity index (χ4v) is 2.63. The minimum Gasteiger partial charge on any atom is -0.478 e. The van der Waals surface area contributed by atoms with Crippen LogP contribution in [0, 0.1) is 13.8 Å². The Balaban J connectivity index is 2.39. The topological polar surface area (TPSA) is 42.2 Å². The number of nitrogens with zero attached hydrogens (tertiary/aromatic N) is 1. The molecule has 0 bridgehead atoms. The van der Waals surface area contributed by atoms with Crippen molar-refractivity contribution in [2.24, 2.45) is 0 Å². The number of benzene rings is 2. The Hall–Kier alpha value is -2.55. The summed E-state index contributed by atoms with van der Waals surface area (Å²) in [6.07, 6.45) is 0. The van der Waals surface area contributed by atoms with Crippen LogP contribution in [0.4, 0.5) is 0 Å². The van der Waals surface area contributed by atoms with Gasteiger partial charge in [0.15, 0.2) is 0 Å². The van der Waals surface area contributed by atoms with Crippen molar-refractivity contribution in [2.75, 3.05) is 0 Å². The highest BCUT2D eigenvalue weighted by atomic mass is 16.4. The number of carboxylic acid groups (broad SMARTS) is 1. The van der Waals surface area contributed by atoms with Crippen LogP contribution < -0.4 is 0 Å². The van der Waals surface area contributed by atoms with Crippen molar-refractivity contribution in [1.82, 2.24) is 4.57 Å². The molecule has 1 aromatic heterocycles. The number of hydrogen-bond acceptors (Lipinski definition) is 1. The van der Waals surface area contributed by atoms with Crippen LogP contribution in [0.2, 0.25) is 0 Å². The zero-order valence-corrected chi connectivity index (χ0v) is 11.4. The third kappa shape index (κ3) is 1.88. The van der Waals surface area contributed by atoms with Gasteiger partial charge in [-0.05, 0) is 48.9 Å². The number of hydrogen-bond donors (Lipinski definition) is 1. The molecule has 0 saturated carbocycles. The van der Waals surface area contributed by atoms with Gasteiger partial charge in [0.05, 0.1) is 11.3 Å². The maximum Gasteiger partial charge on any atom is 0.337 e. The van der Waals surface area contributed by atoms with Gasteiger partial charge in [0.1, 0.15) is 0 Å². The Labute approximate surface area is 117 Å². The molecule has 1 heterocycles. The van der Waals surface area contributed by atoms with Crippen LogP contribution in [0.5, 0.6) is 0 Å². The first-order valence-electron chi connectivity index (χ1n) is 6.49. The second kappa shape index (κ2) is 4.53. The molecule has 0 amide bonds. The van der Waals surface area contributed by atoms with E-state index in [9.17, 15) is 9.90 Å². The Morgan fingerprint density at radius 3 is 2.05 bits per heavy atom. The molecule has 3 rings (SSSR count). The molecule has 0 unspecified atom stereocenters. The van der Waals surface area contributed by atoms with Gasteiger partial charge in [0.2, 0.25) is 0 Å². The van der Waals surface area contributed by atoms with Gasteiger partial charge in [-0.2, -0.15) is 0 Å². The summed E-state index contributed by atoms with van der Waals surface area (Å²) in [5, 5.41) is 11.5. The second-order valence-corrected chi connectivity index (χ2v) is 4.97. The van der Waals surface area contributed by atoms with Crippen molar-refractivity contribution in [2.45, 2.75) is 13.8 Å². The molecule has 0 saturated heterocycles. The summed E-state index contributed by atoms with van der Waals surface area (Å²) in [5.74, 6) is -0.904. The fourth-order valence-electron chi connectivity index (χ4n) is 2.63. The van der Waals surface area contributed by atoms with Gasteiger partial charge in [0, 0.05) is 11.4 Å². The smallest absolute Gasteiger partial charge is 0.337 e. The first kappa shape index (κ1) is 12.5. The van der Waals surface area contributed by atoms with Crippen LogP contribution in [0.1, 0.15) is 21.7 Å². The van der Waals surface area contributed by atoms with Gasteiger partial charge in [-0.25, -0.2) is 4.79 Å². The van der Waals surface area contributed by atoms with E-state index in [2.05, 4.69) is 0 Å². The molecule has 20 heavy (non-hydrogen) atoms. The van der Waals surface area contributed by atoms with E-state index in [4.69, 9.17) is 0 Å². The summed E-state index contributed by atoms with van der Waals surface area (Å²) in [4.78, 5) is 11.6. The first-order chi connectivity index (χ1) is 9.58. The molecule has 1 N–H and O–H groups in total. The predicted octanol–water partition coefficient (Wildman–Crippen LogP) is 3.95. The van der Waals surface area contributed by atoms with Crippen LogP contribution in [-0.2, 0) is 0 Å². The van der Waals surface area contributed by atoms with Gasteiger partial charge in [0.25, 0.3) is 0 Å². The van der Waals surface area contributed by atoms with Crippen molar-refractivity contribution in [3.05, 3.63) is 65.5 Å². The summed E-state index contributed by atoms with van der Waals surface area (Å²) in [7, 11) is 0. The largest absolute Gasteiger partial charge is 0.478 e. The van der Waals surface area contributed by atoms with Crippen LogP contribution in [-0.4, -0.2) is 15.6 Å². The highest BCUT2D eigenvalue weighted by molar-refractivity contribution is 5.98. The third-order valence-corrected chi connectivity index (χ3v) is 3.61. The molecule has 0 aliphatic rings. The highest BCUT2D eigenvalue weighted by Crippen LogP contribution is 2.26. The Kier molecular flexibility index (Phi) is 2.83. The second-order valence-electron chi connectivity index (χ2n) is 4.97. The standard InChI is InChI=1S/C17H15NO2/c1-11-7-8-12(2)18(11)16-10-14-6-4-3-5-13(14)9-15(16)17(19)20/h3-10H,1-2H3,(H,19,20). The highest BCUT2D eigenvalue weighted by Gasteiger charge is 2.15. The monoisotopic (exact) mass is 265 g/mol. The number of carboxylic acids is 1. The third-order valence-electron chi connectivity index (χ3n) is 3.61. The summed E-state index contributed by atoms with van der Waals surface area (Å²) in [6, 6.07) is 15.5. The lowest BCUT2D eigenvalue weighted by molar-refractivity contribution is 0.0697. The maximum atomic E-state index is 11.6. The molecule has 3 aromatic rings. The molecule has 0 spiro atoms. The summed E-state index contributed by atoms with van der Waals surface area (Å²) in [6.45, 7) is 3.96. The number of aryl methyl sites for hydroxylation is 2. The zero-order valence-electron chi connectivity index (χ0n) is 11.4. The SMILES string of the molecule is Cc1ccc(C)n1-c1cc2ccccc2cc1C(=O)O. The van der Waals surface area contributed by atoms with Gasteiger partial charge in [-0.3, -0.25) is 0 Å². The summed E-state index contributed by atoms with van der Waals surface area (Å²) >= 11 is 0.